The van der Waals surface area contributed by atoms with Crippen LogP contribution < -0.4 is 15.3 Å². The zero-order valence-electron chi connectivity index (χ0n) is 23.8. The Kier molecular flexibility index (Phi) is 10.4. The average molecular weight is 668 g/mol. The third kappa shape index (κ3) is 7.63. The number of hydrogen-bond acceptors (Lipinski definition) is 12. The van der Waals surface area contributed by atoms with Gasteiger partial charge in [0.05, 0.1) is 26.9 Å². The van der Waals surface area contributed by atoms with Crippen LogP contribution in [0.3, 0.4) is 0 Å². The SMILES string of the molecule is O=[N+]([O-])c1ccc([O-])c(N=Nc2c(O)ccc3ccccc23)c1.O=[N+]([O-])c1ccc([O-])c(N=Nc2c([O-])ccc3ccccc23)c1.[Cr+3]. The molecule has 0 saturated heterocycles. The first-order valence-corrected chi connectivity index (χ1v) is 13.3. The van der Waals surface area contributed by atoms with E-state index in [1.54, 1.807) is 36.4 Å². The largest absolute Gasteiger partial charge is 3.00 e. The van der Waals surface area contributed by atoms with Crippen molar-refractivity contribution in [3.05, 3.63) is 129 Å². The van der Waals surface area contributed by atoms with Crippen LogP contribution in [0.15, 0.2) is 130 Å². The van der Waals surface area contributed by atoms with E-state index in [9.17, 15) is 40.7 Å². The maximum Gasteiger partial charge on any atom is 3.00 e. The summed E-state index contributed by atoms with van der Waals surface area (Å²) < 4.78 is 0. The second-order valence-electron chi connectivity index (χ2n) is 9.51. The van der Waals surface area contributed by atoms with Gasteiger partial charge < -0.3 is 20.4 Å². The first kappa shape index (κ1) is 33.5. The van der Waals surface area contributed by atoms with Crippen molar-refractivity contribution >= 4 is 55.7 Å². The second kappa shape index (κ2) is 14.6. The topological polar surface area (TPSA) is 225 Å². The Balaban J connectivity index is 0.000000208. The van der Waals surface area contributed by atoms with Crippen molar-refractivity contribution in [3.63, 3.8) is 0 Å². The van der Waals surface area contributed by atoms with E-state index in [1.165, 1.54) is 12.1 Å². The van der Waals surface area contributed by atoms with E-state index in [1.807, 2.05) is 24.3 Å². The van der Waals surface area contributed by atoms with E-state index in [2.05, 4.69) is 20.5 Å². The monoisotopic (exact) mass is 667 g/mol. The van der Waals surface area contributed by atoms with Crippen LogP contribution in [0.25, 0.3) is 21.5 Å². The zero-order valence-corrected chi connectivity index (χ0v) is 25.1. The summed E-state index contributed by atoms with van der Waals surface area (Å²) in [7, 11) is 0. The molecule has 0 heterocycles. The third-order valence-corrected chi connectivity index (χ3v) is 6.57. The van der Waals surface area contributed by atoms with Gasteiger partial charge in [0.1, 0.15) is 11.4 Å². The van der Waals surface area contributed by atoms with Crippen LogP contribution in [0.1, 0.15) is 0 Å². The molecule has 14 nitrogen and oxygen atoms in total. The number of nitro groups is 2. The van der Waals surface area contributed by atoms with Crippen LogP contribution in [0.5, 0.6) is 23.0 Å². The van der Waals surface area contributed by atoms with E-state index in [0.717, 1.165) is 47.2 Å². The average Bonchev–Trinajstić information content (AvgIpc) is 3.05. The number of aromatic hydroxyl groups is 1. The van der Waals surface area contributed by atoms with Gasteiger partial charge in [-0.25, -0.2) is 0 Å². The molecule has 0 fully saturated rings. The van der Waals surface area contributed by atoms with Gasteiger partial charge in [0, 0.05) is 35.0 Å². The molecular formula is C32H19CrN6O8. The van der Waals surface area contributed by atoms with Gasteiger partial charge in [0.25, 0.3) is 11.4 Å². The molecule has 6 aromatic carbocycles. The smallest absolute Gasteiger partial charge is 0.871 e. The number of rotatable bonds is 6. The number of non-ortho nitro benzene ring substituents is 2. The molecule has 1 radical (unpaired) electrons. The summed E-state index contributed by atoms with van der Waals surface area (Å²) in [5.74, 6) is -1.43. The Morgan fingerprint density at radius 2 is 0.936 bits per heavy atom. The molecule has 6 aromatic rings. The molecule has 231 valence electrons. The molecule has 0 aliphatic heterocycles. The minimum Gasteiger partial charge on any atom is -0.871 e. The van der Waals surface area contributed by atoms with Gasteiger partial charge in [-0.05, 0) is 16.8 Å². The molecule has 47 heavy (non-hydrogen) atoms. The van der Waals surface area contributed by atoms with Gasteiger partial charge in [-0.2, -0.15) is 15.3 Å². The minimum atomic E-state index is -0.630. The number of nitrogens with zero attached hydrogens (tertiary/aromatic N) is 6. The van der Waals surface area contributed by atoms with Crippen LogP contribution >= 0.6 is 0 Å². The van der Waals surface area contributed by atoms with E-state index >= 15 is 0 Å². The zero-order chi connectivity index (χ0) is 32.8. The van der Waals surface area contributed by atoms with Crippen molar-refractivity contribution in [3.8, 4) is 23.0 Å². The molecule has 0 amide bonds. The summed E-state index contributed by atoms with van der Waals surface area (Å²) in [6, 6.07) is 27.0. The molecule has 0 unspecified atom stereocenters. The Bertz CT molecular complexity index is 2040. The Hall–Kier alpha value is -6.43. The number of azo groups is 2. The first-order chi connectivity index (χ1) is 22.1. The fraction of sp³-hybridized carbons (Fsp3) is 0. The fourth-order valence-corrected chi connectivity index (χ4v) is 4.29. The maximum absolute atomic E-state index is 12.0. The van der Waals surface area contributed by atoms with Gasteiger partial charge in [0.2, 0.25) is 0 Å². The van der Waals surface area contributed by atoms with Gasteiger partial charge in [-0.15, -0.1) is 5.11 Å². The molecule has 0 saturated carbocycles. The van der Waals surface area contributed by atoms with Crippen molar-refractivity contribution in [2.75, 3.05) is 0 Å². The predicted octanol–water partition coefficient (Wildman–Crippen LogP) is 7.25. The molecule has 0 aromatic heterocycles. The number of hydrogen-bond donors (Lipinski definition) is 1. The summed E-state index contributed by atoms with van der Waals surface area (Å²) in [5.41, 5.74) is -0.569. The van der Waals surface area contributed by atoms with Crippen molar-refractivity contribution in [2.24, 2.45) is 20.5 Å². The van der Waals surface area contributed by atoms with Crippen molar-refractivity contribution in [1.82, 2.24) is 0 Å². The number of nitro benzene ring substituents is 2. The summed E-state index contributed by atoms with van der Waals surface area (Å²) in [6.07, 6.45) is 0. The van der Waals surface area contributed by atoms with Crippen molar-refractivity contribution in [2.45, 2.75) is 0 Å². The molecule has 0 aliphatic rings. The summed E-state index contributed by atoms with van der Waals surface area (Å²) >= 11 is 0. The summed E-state index contributed by atoms with van der Waals surface area (Å²) in [4.78, 5) is 20.3. The second-order valence-corrected chi connectivity index (χ2v) is 9.51. The van der Waals surface area contributed by atoms with Crippen LogP contribution in [0.2, 0.25) is 0 Å². The fourth-order valence-electron chi connectivity index (χ4n) is 4.29. The van der Waals surface area contributed by atoms with E-state index in [-0.39, 0.29) is 63.0 Å². The predicted molar refractivity (Wildman–Crippen MR) is 162 cm³/mol. The molecule has 6 rings (SSSR count). The van der Waals surface area contributed by atoms with E-state index < -0.39 is 21.3 Å². The van der Waals surface area contributed by atoms with Crippen molar-refractivity contribution < 1.29 is 47.6 Å². The van der Waals surface area contributed by atoms with Crippen LogP contribution in [-0.4, -0.2) is 15.0 Å². The number of phenols is 1. The third-order valence-electron chi connectivity index (χ3n) is 6.57. The van der Waals surface area contributed by atoms with Crippen LogP contribution in [0, 0.1) is 20.2 Å². The van der Waals surface area contributed by atoms with Gasteiger partial charge >= 0.3 is 17.4 Å². The van der Waals surface area contributed by atoms with Gasteiger partial charge in [-0.1, -0.05) is 96.1 Å². The number of fused-ring (bicyclic) bond motifs is 2. The molecule has 0 spiro atoms. The van der Waals surface area contributed by atoms with Crippen LogP contribution in [0.4, 0.5) is 34.1 Å². The minimum absolute atomic E-state index is 0. The maximum atomic E-state index is 12.0. The van der Waals surface area contributed by atoms with Crippen LogP contribution in [-0.2, 0) is 17.4 Å². The Labute approximate surface area is 275 Å². The number of benzene rings is 6. The molecule has 0 bridgehead atoms. The normalized spacial score (nSPS) is 10.9. The van der Waals surface area contributed by atoms with E-state index in [4.69, 9.17) is 0 Å². The molecule has 1 N–H and O–H groups in total. The van der Waals surface area contributed by atoms with Crippen molar-refractivity contribution in [1.29, 1.82) is 0 Å². The van der Waals surface area contributed by atoms with Gasteiger partial charge in [-0.3, -0.25) is 20.2 Å². The Morgan fingerprint density at radius 3 is 1.45 bits per heavy atom. The molecular weight excluding hydrogens is 648 g/mol. The van der Waals surface area contributed by atoms with Gasteiger partial charge in [0.15, 0.2) is 0 Å². The molecule has 15 heteroatoms. The first-order valence-electron chi connectivity index (χ1n) is 13.3. The summed E-state index contributed by atoms with van der Waals surface area (Å²) in [6.45, 7) is 0. The Morgan fingerprint density at radius 1 is 0.511 bits per heavy atom. The summed E-state index contributed by atoms with van der Waals surface area (Å²) in [5, 5.41) is 85.1. The standard InChI is InChI=1S/2C16H11N3O4.Cr/c2*20-14-8-6-11(19(22)23)9-13(14)17-18-16-12-4-2-1-3-10(12)5-7-15(16)21;/h2*1-9,20-21H;/q;;+3/p-3. The molecule has 0 atom stereocenters. The van der Waals surface area contributed by atoms with E-state index in [0.29, 0.717) is 10.8 Å². The molecule has 0 aliphatic carbocycles. The quantitative estimate of drug-likeness (QED) is 0.108. The number of phenolic OH excluding ortho intramolecular Hbond substituents is 1.